The number of carbonyl (C=O) groups is 1. The van der Waals surface area contributed by atoms with Gasteiger partial charge >= 0.3 is 0 Å². The van der Waals surface area contributed by atoms with Crippen LogP contribution in [0.5, 0.6) is 11.5 Å². The van der Waals surface area contributed by atoms with Crippen molar-refractivity contribution in [3.05, 3.63) is 64.0 Å². The molecule has 0 saturated carbocycles. The van der Waals surface area contributed by atoms with E-state index in [2.05, 4.69) is 15.5 Å². The van der Waals surface area contributed by atoms with Gasteiger partial charge in [-0.25, -0.2) is 0 Å². The van der Waals surface area contributed by atoms with Crippen LogP contribution in [0.2, 0.25) is 0 Å². The van der Waals surface area contributed by atoms with E-state index in [1.54, 1.807) is 43.8 Å². The van der Waals surface area contributed by atoms with Gasteiger partial charge in [-0.3, -0.25) is 14.9 Å². The Labute approximate surface area is 182 Å². The summed E-state index contributed by atoms with van der Waals surface area (Å²) in [6.45, 7) is 1.95. The van der Waals surface area contributed by atoms with Crippen LogP contribution in [0.15, 0.2) is 47.6 Å². The molecule has 11 heteroatoms. The van der Waals surface area contributed by atoms with E-state index in [4.69, 9.17) is 9.47 Å². The lowest BCUT2D eigenvalue weighted by molar-refractivity contribution is -0.384. The van der Waals surface area contributed by atoms with Gasteiger partial charge in [0.05, 0.1) is 23.5 Å². The first-order valence-corrected chi connectivity index (χ1v) is 10.2. The average molecular weight is 443 g/mol. The number of anilines is 1. The van der Waals surface area contributed by atoms with Crippen molar-refractivity contribution in [1.82, 2.24) is 14.8 Å². The minimum Gasteiger partial charge on any atom is -0.493 e. The van der Waals surface area contributed by atoms with Crippen molar-refractivity contribution < 1.29 is 19.2 Å². The largest absolute Gasteiger partial charge is 0.493 e. The first-order chi connectivity index (χ1) is 14.9. The number of carbonyl (C=O) groups excluding carboxylic acids is 1. The third-order valence-corrected chi connectivity index (χ3v) is 5.41. The molecule has 10 nitrogen and oxygen atoms in total. The average Bonchev–Trinajstić information content (AvgIpc) is 3.11. The second kappa shape index (κ2) is 9.94. The third-order valence-electron chi connectivity index (χ3n) is 4.39. The number of benzene rings is 2. The molecule has 0 fully saturated rings. The molecule has 3 aromatic rings. The number of methoxy groups -OCH3 is 1. The fourth-order valence-electron chi connectivity index (χ4n) is 2.65. The molecule has 2 aromatic carbocycles. The molecule has 0 radical (unpaired) electrons. The molecule has 1 heterocycles. The molecule has 3 rings (SSSR count). The molecule has 0 atom stereocenters. The molecule has 0 spiro atoms. The summed E-state index contributed by atoms with van der Waals surface area (Å²) >= 11 is 1.20. The fourth-order valence-corrected chi connectivity index (χ4v) is 3.38. The number of nitro benzene ring substituents is 1. The zero-order valence-electron chi connectivity index (χ0n) is 17.2. The normalized spacial score (nSPS) is 10.5. The second-order valence-corrected chi connectivity index (χ2v) is 7.43. The van der Waals surface area contributed by atoms with Gasteiger partial charge in [0.1, 0.15) is 6.61 Å². The highest BCUT2D eigenvalue weighted by molar-refractivity contribution is 7.99. The number of ether oxygens (including phenoxy) is 2. The van der Waals surface area contributed by atoms with Gasteiger partial charge < -0.3 is 19.4 Å². The Balaban J connectivity index is 1.58. The number of thioether (sulfide) groups is 1. The van der Waals surface area contributed by atoms with Gasteiger partial charge in [-0.05, 0) is 24.6 Å². The Morgan fingerprint density at radius 3 is 2.68 bits per heavy atom. The highest BCUT2D eigenvalue weighted by Crippen LogP contribution is 2.27. The van der Waals surface area contributed by atoms with Crippen LogP contribution in [0.1, 0.15) is 11.4 Å². The Bertz CT molecular complexity index is 1100. The second-order valence-electron chi connectivity index (χ2n) is 6.49. The zero-order valence-corrected chi connectivity index (χ0v) is 18.0. The Hall–Kier alpha value is -3.60. The van der Waals surface area contributed by atoms with E-state index in [1.807, 2.05) is 12.1 Å². The summed E-state index contributed by atoms with van der Waals surface area (Å²) in [5.74, 6) is 1.56. The smallest absolute Gasteiger partial charge is 0.271 e. The zero-order chi connectivity index (χ0) is 22.4. The Morgan fingerprint density at radius 2 is 1.97 bits per heavy atom. The summed E-state index contributed by atoms with van der Waals surface area (Å²) in [5, 5.41) is 22.4. The van der Waals surface area contributed by atoms with Gasteiger partial charge in [-0.2, -0.15) is 0 Å². The number of nitrogens with one attached hydrogen (secondary N) is 1. The van der Waals surface area contributed by atoms with Gasteiger partial charge in [0, 0.05) is 19.2 Å². The lowest BCUT2D eigenvalue weighted by Gasteiger charge is -2.10. The monoisotopic (exact) mass is 443 g/mol. The van der Waals surface area contributed by atoms with Crippen LogP contribution in [-0.4, -0.2) is 38.5 Å². The van der Waals surface area contributed by atoms with Crippen molar-refractivity contribution >= 4 is 29.0 Å². The van der Waals surface area contributed by atoms with Crippen molar-refractivity contribution in [3.8, 4) is 11.5 Å². The predicted molar refractivity (Wildman–Crippen MR) is 116 cm³/mol. The summed E-state index contributed by atoms with van der Waals surface area (Å²) in [7, 11) is 3.35. The van der Waals surface area contributed by atoms with Gasteiger partial charge in [0.2, 0.25) is 5.91 Å². The number of non-ortho nitro benzene ring substituents is 1. The molecule has 0 aliphatic carbocycles. The van der Waals surface area contributed by atoms with Crippen LogP contribution in [0, 0.1) is 17.0 Å². The molecule has 0 aliphatic rings. The third kappa shape index (κ3) is 5.51. The molecule has 0 bridgehead atoms. The quantitative estimate of drug-likeness (QED) is 0.304. The number of nitro groups is 1. The van der Waals surface area contributed by atoms with Crippen molar-refractivity contribution in [2.45, 2.75) is 18.7 Å². The maximum atomic E-state index is 12.3. The Kier molecular flexibility index (Phi) is 7.08. The molecule has 1 amide bonds. The van der Waals surface area contributed by atoms with Crippen LogP contribution < -0.4 is 14.8 Å². The van der Waals surface area contributed by atoms with Crippen molar-refractivity contribution in [2.24, 2.45) is 7.05 Å². The lowest BCUT2D eigenvalue weighted by atomic mass is 10.2. The molecule has 0 unspecified atom stereocenters. The molecule has 162 valence electrons. The van der Waals surface area contributed by atoms with E-state index in [0.717, 1.165) is 5.56 Å². The standard InChI is InChI=1S/C20H21N5O5S/c1-13-8-9-14(25(27)28)10-15(13)21-19(26)12-31-20-23-22-18(24(20)2)11-30-17-7-5-4-6-16(17)29-3/h4-10H,11-12H2,1-3H3,(H,21,26). The maximum Gasteiger partial charge on any atom is 0.271 e. The molecular weight excluding hydrogens is 422 g/mol. The van der Waals surface area contributed by atoms with Gasteiger partial charge in [-0.15, -0.1) is 10.2 Å². The number of aryl methyl sites for hydroxylation is 1. The summed E-state index contributed by atoms with van der Waals surface area (Å²) in [4.78, 5) is 22.8. The first-order valence-electron chi connectivity index (χ1n) is 9.20. The molecule has 0 saturated heterocycles. The maximum absolute atomic E-state index is 12.3. The highest BCUT2D eigenvalue weighted by atomic mass is 32.2. The molecule has 31 heavy (non-hydrogen) atoms. The SMILES string of the molecule is COc1ccccc1OCc1nnc(SCC(=O)Nc2cc([N+](=O)[O-])ccc2C)n1C. The van der Waals surface area contributed by atoms with Crippen molar-refractivity contribution in [1.29, 1.82) is 0 Å². The predicted octanol–water partition coefficient (Wildman–Crippen LogP) is 3.35. The van der Waals surface area contributed by atoms with Crippen molar-refractivity contribution in [2.75, 3.05) is 18.2 Å². The summed E-state index contributed by atoms with van der Waals surface area (Å²) in [5.41, 5.74) is 1.06. The molecule has 1 aromatic heterocycles. The number of nitrogens with zero attached hydrogens (tertiary/aromatic N) is 4. The van der Waals surface area contributed by atoms with Gasteiger partial charge in [0.25, 0.3) is 5.69 Å². The summed E-state index contributed by atoms with van der Waals surface area (Å²) < 4.78 is 12.8. The number of para-hydroxylation sites is 2. The van der Waals surface area contributed by atoms with Crippen LogP contribution in [0.25, 0.3) is 0 Å². The number of rotatable bonds is 9. The fraction of sp³-hybridized carbons (Fsp3) is 0.250. The number of hydrogen-bond acceptors (Lipinski definition) is 8. The lowest BCUT2D eigenvalue weighted by Crippen LogP contribution is -2.15. The number of hydrogen-bond donors (Lipinski definition) is 1. The summed E-state index contributed by atoms with van der Waals surface area (Å²) in [6.07, 6.45) is 0. The van der Waals surface area contributed by atoms with Crippen LogP contribution >= 0.6 is 11.8 Å². The van der Waals surface area contributed by atoms with E-state index in [0.29, 0.717) is 28.2 Å². The first kappa shape index (κ1) is 22.1. The minimum absolute atomic E-state index is 0.0709. The Morgan fingerprint density at radius 1 is 1.23 bits per heavy atom. The van der Waals surface area contributed by atoms with E-state index in [9.17, 15) is 14.9 Å². The molecular formula is C20H21N5O5S. The van der Waals surface area contributed by atoms with Crippen LogP contribution in [0.4, 0.5) is 11.4 Å². The number of aromatic nitrogens is 3. The van der Waals surface area contributed by atoms with Gasteiger partial charge in [0.15, 0.2) is 22.5 Å². The number of amides is 1. The van der Waals surface area contributed by atoms with E-state index < -0.39 is 4.92 Å². The van der Waals surface area contributed by atoms with E-state index in [-0.39, 0.29) is 24.0 Å². The van der Waals surface area contributed by atoms with E-state index >= 15 is 0 Å². The van der Waals surface area contributed by atoms with E-state index in [1.165, 1.54) is 23.9 Å². The molecule has 0 aliphatic heterocycles. The van der Waals surface area contributed by atoms with Crippen LogP contribution in [0.3, 0.4) is 0 Å². The molecule has 1 N–H and O–H groups in total. The van der Waals surface area contributed by atoms with Crippen molar-refractivity contribution in [3.63, 3.8) is 0 Å². The minimum atomic E-state index is -0.502. The summed E-state index contributed by atoms with van der Waals surface area (Å²) in [6, 6.07) is 11.6. The van der Waals surface area contributed by atoms with Crippen LogP contribution in [-0.2, 0) is 18.4 Å². The highest BCUT2D eigenvalue weighted by Gasteiger charge is 2.15. The van der Waals surface area contributed by atoms with Gasteiger partial charge in [-0.1, -0.05) is 30.0 Å². The topological polar surface area (TPSA) is 121 Å².